The number of carbonyl (C=O) groups excluding carboxylic acids is 1. The van der Waals surface area contributed by atoms with Crippen molar-refractivity contribution in [3.63, 3.8) is 0 Å². The van der Waals surface area contributed by atoms with E-state index in [9.17, 15) is 4.79 Å². The summed E-state index contributed by atoms with van der Waals surface area (Å²) in [6.07, 6.45) is 3.64. The van der Waals surface area contributed by atoms with Crippen LogP contribution in [-0.2, 0) is 13.5 Å². The summed E-state index contributed by atoms with van der Waals surface area (Å²) in [4.78, 5) is 15.2. The first-order valence-electron chi connectivity index (χ1n) is 4.18. The van der Waals surface area contributed by atoms with Crippen LogP contribution in [0.15, 0.2) is 6.20 Å². The van der Waals surface area contributed by atoms with Crippen LogP contribution in [0.25, 0.3) is 0 Å². The Morgan fingerprint density at radius 1 is 1.67 bits per heavy atom. The Hall–Kier alpha value is -1.12. The molecule has 0 N–H and O–H groups in total. The van der Waals surface area contributed by atoms with Crippen LogP contribution in [-0.4, -0.2) is 15.3 Å². The van der Waals surface area contributed by atoms with Crippen LogP contribution in [0.3, 0.4) is 0 Å². The van der Waals surface area contributed by atoms with E-state index in [0.29, 0.717) is 5.69 Å². The highest BCUT2D eigenvalue weighted by Crippen LogP contribution is 2.05. The van der Waals surface area contributed by atoms with Crippen molar-refractivity contribution in [2.45, 2.75) is 26.7 Å². The average molecular weight is 166 g/mol. The summed E-state index contributed by atoms with van der Waals surface area (Å²) < 4.78 is 1.87. The van der Waals surface area contributed by atoms with Gasteiger partial charge in [-0.05, 0) is 6.42 Å². The van der Waals surface area contributed by atoms with Crippen molar-refractivity contribution < 1.29 is 4.79 Å². The molecular weight excluding hydrogens is 152 g/mol. The van der Waals surface area contributed by atoms with Crippen LogP contribution in [0, 0.1) is 0 Å². The number of carbonyl (C=O) groups is 1. The Morgan fingerprint density at radius 2 is 2.33 bits per heavy atom. The monoisotopic (exact) mass is 166 g/mol. The lowest BCUT2D eigenvalue weighted by molar-refractivity contribution is 0.101. The van der Waals surface area contributed by atoms with E-state index in [1.54, 1.807) is 13.1 Å². The molecule has 1 rings (SSSR count). The van der Waals surface area contributed by atoms with Crippen molar-refractivity contribution in [2.75, 3.05) is 0 Å². The van der Waals surface area contributed by atoms with Crippen molar-refractivity contribution in [1.82, 2.24) is 9.55 Å². The molecule has 3 nitrogen and oxygen atoms in total. The average Bonchev–Trinajstić information content (AvgIpc) is 2.34. The second-order valence-corrected chi connectivity index (χ2v) is 2.92. The Morgan fingerprint density at radius 3 is 2.75 bits per heavy atom. The van der Waals surface area contributed by atoms with Crippen LogP contribution < -0.4 is 0 Å². The summed E-state index contributed by atoms with van der Waals surface area (Å²) in [6.45, 7) is 3.66. The van der Waals surface area contributed by atoms with Gasteiger partial charge in [-0.2, -0.15) is 0 Å². The van der Waals surface area contributed by atoms with Gasteiger partial charge in [-0.15, -0.1) is 0 Å². The van der Waals surface area contributed by atoms with Crippen LogP contribution in [0.4, 0.5) is 0 Å². The van der Waals surface area contributed by atoms with Crippen LogP contribution in [0.5, 0.6) is 0 Å². The predicted octanol–water partition coefficient (Wildman–Crippen LogP) is 1.58. The summed E-state index contributed by atoms with van der Waals surface area (Å²) in [5, 5.41) is 0. The van der Waals surface area contributed by atoms with E-state index in [1.165, 1.54) is 0 Å². The molecule has 1 aromatic rings. The maximum atomic E-state index is 11.0. The minimum Gasteiger partial charge on any atom is -0.329 e. The van der Waals surface area contributed by atoms with E-state index in [1.807, 2.05) is 11.6 Å². The lowest BCUT2D eigenvalue weighted by Gasteiger charge is -2.01. The maximum Gasteiger partial charge on any atom is 0.177 e. The Labute approximate surface area is 72.4 Å². The van der Waals surface area contributed by atoms with Crippen LogP contribution >= 0.6 is 0 Å². The molecule has 0 bridgehead atoms. The van der Waals surface area contributed by atoms with Crippen molar-refractivity contribution in [1.29, 1.82) is 0 Å². The third-order valence-electron chi connectivity index (χ3n) is 1.92. The molecule has 3 heteroatoms. The molecule has 0 radical (unpaired) electrons. The van der Waals surface area contributed by atoms with Gasteiger partial charge >= 0.3 is 0 Å². The van der Waals surface area contributed by atoms with Gasteiger partial charge in [0.2, 0.25) is 0 Å². The minimum absolute atomic E-state index is 0.0763. The van der Waals surface area contributed by atoms with Crippen LogP contribution in [0.1, 0.15) is 36.6 Å². The normalized spacial score (nSPS) is 10.2. The second kappa shape index (κ2) is 3.52. The second-order valence-electron chi connectivity index (χ2n) is 2.92. The Balaban J connectivity index is 2.96. The molecule has 1 heterocycles. The zero-order valence-corrected chi connectivity index (χ0v) is 7.79. The van der Waals surface area contributed by atoms with Gasteiger partial charge in [-0.1, -0.05) is 6.92 Å². The standard InChI is InChI=1S/C9H14N2O/c1-4-5-9-10-6-8(7(2)12)11(9)3/h6H,4-5H2,1-3H3. The van der Waals surface area contributed by atoms with Gasteiger partial charge in [0.15, 0.2) is 5.78 Å². The van der Waals surface area contributed by atoms with Crippen molar-refractivity contribution in [3.05, 3.63) is 17.7 Å². The number of hydrogen-bond acceptors (Lipinski definition) is 2. The molecule has 0 spiro atoms. The highest BCUT2D eigenvalue weighted by atomic mass is 16.1. The molecule has 0 saturated heterocycles. The van der Waals surface area contributed by atoms with Gasteiger partial charge in [0.05, 0.1) is 6.20 Å². The molecule has 0 fully saturated rings. The Bertz CT molecular complexity index is 289. The Kier molecular flexibility index (Phi) is 2.63. The lowest BCUT2D eigenvalue weighted by atomic mass is 10.3. The molecule has 0 saturated carbocycles. The number of nitrogens with zero attached hydrogens (tertiary/aromatic N) is 2. The number of imidazole rings is 1. The van der Waals surface area contributed by atoms with E-state index >= 15 is 0 Å². The molecule has 0 aliphatic carbocycles. The molecule has 0 amide bonds. The minimum atomic E-state index is 0.0763. The predicted molar refractivity (Wildman–Crippen MR) is 47.2 cm³/mol. The zero-order valence-electron chi connectivity index (χ0n) is 7.79. The number of hydrogen-bond donors (Lipinski definition) is 0. The van der Waals surface area contributed by atoms with E-state index in [4.69, 9.17) is 0 Å². The summed E-state index contributed by atoms with van der Waals surface area (Å²) in [5.41, 5.74) is 0.693. The third kappa shape index (κ3) is 1.55. The van der Waals surface area contributed by atoms with E-state index in [-0.39, 0.29) is 5.78 Å². The first kappa shape index (κ1) is 8.97. The SMILES string of the molecule is CCCc1ncc(C(C)=O)n1C. The first-order chi connectivity index (χ1) is 5.66. The van der Waals surface area contributed by atoms with Gasteiger partial charge in [0.25, 0.3) is 0 Å². The smallest absolute Gasteiger partial charge is 0.177 e. The molecule has 66 valence electrons. The molecule has 0 aliphatic heterocycles. The fraction of sp³-hybridized carbons (Fsp3) is 0.556. The molecule has 0 atom stereocenters. The van der Waals surface area contributed by atoms with Gasteiger partial charge in [-0.3, -0.25) is 4.79 Å². The van der Waals surface area contributed by atoms with E-state index in [0.717, 1.165) is 18.7 Å². The fourth-order valence-electron chi connectivity index (χ4n) is 1.23. The fourth-order valence-corrected chi connectivity index (χ4v) is 1.23. The number of aromatic nitrogens is 2. The largest absolute Gasteiger partial charge is 0.329 e. The molecular formula is C9H14N2O. The lowest BCUT2D eigenvalue weighted by Crippen LogP contribution is -2.04. The summed E-state index contributed by atoms with van der Waals surface area (Å²) in [7, 11) is 1.88. The number of Topliss-reactive ketones (excluding diaryl/α,β-unsaturated/α-hetero) is 1. The van der Waals surface area contributed by atoms with Gasteiger partial charge in [0, 0.05) is 20.4 Å². The third-order valence-corrected chi connectivity index (χ3v) is 1.92. The number of ketones is 1. The summed E-state index contributed by atoms with van der Waals surface area (Å²) >= 11 is 0. The first-order valence-corrected chi connectivity index (χ1v) is 4.18. The van der Waals surface area contributed by atoms with E-state index < -0.39 is 0 Å². The highest BCUT2D eigenvalue weighted by Gasteiger charge is 2.08. The van der Waals surface area contributed by atoms with Crippen molar-refractivity contribution in [2.24, 2.45) is 7.05 Å². The number of aryl methyl sites for hydroxylation is 1. The molecule has 1 aromatic heterocycles. The van der Waals surface area contributed by atoms with Crippen molar-refractivity contribution in [3.8, 4) is 0 Å². The summed E-state index contributed by atoms with van der Waals surface area (Å²) in [5.74, 6) is 1.06. The highest BCUT2D eigenvalue weighted by molar-refractivity contribution is 5.92. The topological polar surface area (TPSA) is 34.9 Å². The van der Waals surface area contributed by atoms with Crippen molar-refractivity contribution >= 4 is 5.78 Å². The summed E-state index contributed by atoms with van der Waals surface area (Å²) in [6, 6.07) is 0. The molecule has 12 heavy (non-hydrogen) atoms. The number of rotatable bonds is 3. The van der Waals surface area contributed by atoms with Gasteiger partial charge in [0.1, 0.15) is 11.5 Å². The van der Waals surface area contributed by atoms with E-state index in [2.05, 4.69) is 11.9 Å². The molecule has 0 unspecified atom stereocenters. The van der Waals surface area contributed by atoms with Gasteiger partial charge in [-0.25, -0.2) is 4.98 Å². The maximum absolute atomic E-state index is 11.0. The molecule has 0 aliphatic rings. The van der Waals surface area contributed by atoms with Crippen LogP contribution in [0.2, 0.25) is 0 Å². The molecule has 0 aromatic carbocycles. The quantitative estimate of drug-likeness (QED) is 0.639. The zero-order chi connectivity index (χ0) is 9.14. The van der Waals surface area contributed by atoms with Gasteiger partial charge < -0.3 is 4.57 Å².